The molecule has 1 nitrogen and oxygen atoms in total. The molecule has 1 aliphatic carbocycles. The predicted molar refractivity (Wildman–Crippen MR) is 36.0 cm³/mol. The molecule has 0 radical (unpaired) electrons. The quantitative estimate of drug-likeness (QED) is 0.669. The molecular formula is C7H12F3N. The Morgan fingerprint density at radius 3 is 2.18 bits per heavy atom. The second kappa shape index (κ2) is 3.01. The van der Waals surface area contributed by atoms with Crippen LogP contribution < -0.4 is 5.73 Å². The Labute approximate surface area is 63.8 Å². The van der Waals surface area contributed by atoms with Crippen LogP contribution in [0.1, 0.15) is 25.7 Å². The summed E-state index contributed by atoms with van der Waals surface area (Å²) in [5.74, 6) is 0.122. The second-order valence-corrected chi connectivity index (χ2v) is 3.17. The first-order valence-corrected chi connectivity index (χ1v) is 3.81. The van der Waals surface area contributed by atoms with Crippen molar-refractivity contribution < 1.29 is 13.2 Å². The molecule has 0 heterocycles. The predicted octanol–water partition coefficient (Wildman–Crippen LogP) is 2.07. The number of nitrogens with two attached hydrogens (primary N) is 1. The average molecular weight is 167 g/mol. The molecule has 0 aromatic carbocycles. The molecule has 0 aliphatic heterocycles. The standard InChI is InChI=1S/C7H12F3N/c8-7(9,10)4-6(11)5-2-1-3-5/h5-6H,1-4,11H2/t6-/m1/s1. The highest BCUT2D eigenvalue weighted by Crippen LogP contribution is 2.33. The van der Waals surface area contributed by atoms with Crippen molar-refractivity contribution in [2.75, 3.05) is 0 Å². The van der Waals surface area contributed by atoms with E-state index in [4.69, 9.17) is 5.73 Å². The van der Waals surface area contributed by atoms with Gasteiger partial charge in [0.1, 0.15) is 0 Å². The van der Waals surface area contributed by atoms with Crippen molar-refractivity contribution >= 4 is 0 Å². The third-order valence-electron chi connectivity index (χ3n) is 2.22. The second-order valence-electron chi connectivity index (χ2n) is 3.17. The Morgan fingerprint density at radius 1 is 1.36 bits per heavy atom. The molecule has 1 atom stereocenters. The van der Waals surface area contributed by atoms with Crippen molar-refractivity contribution in [2.45, 2.75) is 37.9 Å². The number of hydrogen-bond donors (Lipinski definition) is 1. The molecule has 1 rings (SSSR count). The van der Waals surface area contributed by atoms with Crippen molar-refractivity contribution in [1.82, 2.24) is 0 Å². The smallest absolute Gasteiger partial charge is 0.327 e. The van der Waals surface area contributed by atoms with Crippen LogP contribution in [0, 0.1) is 5.92 Å². The first kappa shape index (κ1) is 8.84. The lowest BCUT2D eigenvalue weighted by Crippen LogP contribution is -2.38. The van der Waals surface area contributed by atoms with Gasteiger partial charge in [0, 0.05) is 6.04 Å². The zero-order valence-electron chi connectivity index (χ0n) is 6.19. The van der Waals surface area contributed by atoms with Gasteiger partial charge in [-0.15, -0.1) is 0 Å². The summed E-state index contributed by atoms with van der Waals surface area (Å²) in [4.78, 5) is 0. The summed E-state index contributed by atoms with van der Waals surface area (Å²) in [7, 11) is 0. The fourth-order valence-corrected chi connectivity index (χ4v) is 1.30. The van der Waals surface area contributed by atoms with Gasteiger partial charge in [0.15, 0.2) is 0 Å². The van der Waals surface area contributed by atoms with Gasteiger partial charge in [0.05, 0.1) is 6.42 Å². The summed E-state index contributed by atoms with van der Waals surface area (Å²) >= 11 is 0. The molecule has 0 aromatic rings. The number of rotatable bonds is 2. The fourth-order valence-electron chi connectivity index (χ4n) is 1.30. The molecule has 0 bridgehead atoms. The molecule has 2 N–H and O–H groups in total. The summed E-state index contributed by atoms with van der Waals surface area (Å²) in [5, 5.41) is 0. The van der Waals surface area contributed by atoms with E-state index in [1.54, 1.807) is 0 Å². The SMILES string of the molecule is N[C@H](CC(F)(F)F)C1CCC1. The summed E-state index contributed by atoms with van der Waals surface area (Å²) in [6, 6.07) is -0.663. The van der Waals surface area contributed by atoms with Crippen molar-refractivity contribution in [2.24, 2.45) is 11.7 Å². The van der Waals surface area contributed by atoms with Gasteiger partial charge in [0.25, 0.3) is 0 Å². The third-order valence-corrected chi connectivity index (χ3v) is 2.22. The lowest BCUT2D eigenvalue weighted by molar-refractivity contribution is -0.142. The van der Waals surface area contributed by atoms with Crippen molar-refractivity contribution in [1.29, 1.82) is 0 Å². The van der Waals surface area contributed by atoms with Gasteiger partial charge >= 0.3 is 6.18 Å². The Balaban J connectivity index is 2.24. The highest BCUT2D eigenvalue weighted by molar-refractivity contribution is 4.81. The van der Waals surface area contributed by atoms with E-state index in [1.165, 1.54) is 0 Å². The van der Waals surface area contributed by atoms with Gasteiger partial charge in [-0.3, -0.25) is 0 Å². The van der Waals surface area contributed by atoms with E-state index in [2.05, 4.69) is 0 Å². The summed E-state index contributed by atoms with van der Waals surface area (Å²) in [6.45, 7) is 0. The van der Waals surface area contributed by atoms with Crippen LogP contribution in [0.25, 0.3) is 0 Å². The average Bonchev–Trinajstić information content (AvgIpc) is 1.50. The molecule has 1 saturated carbocycles. The van der Waals surface area contributed by atoms with Crippen LogP contribution in [0.2, 0.25) is 0 Å². The normalized spacial score (nSPS) is 22.9. The van der Waals surface area contributed by atoms with E-state index in [9.17, 15) is 13.2 Å². The minimum absolute atomic E-state index is 0.122. The zero-order valence-corrected chi connectivity index (χ0v) is 6.19. The number of halogens is 3. The minimum Gasteiger partial charge on any atom is -0.327 e. The first-order chi connectivity index (χ1) is 4.99. The van der Waals surface area contributed by atoms with Gasteiger partial charge < -0.3 is 5.73 Å². The van der Waals surface area contributed by atoms with E-state index in [-0.39, 0.29) is 5.92 Å². The van der Waals surface area contributed by atoms with Crippen LogP contribution >= 0.6 is 0 Å². The molecule has 66 valence electrons. The third kappa shape index (κ3) is 2.69. The van der Waals surface area contributed by atoms with Crippen LogP contribution in [0.4, 0.5) is 13.2 Å². The van der Waals surface area contributed by atoms with E-state index in [0.29, 0.717) is 0 Å². The first-order valence-electron chi connectivity index (χ1n) is 3.81. The van der Waals surface area contributed by atoms with Gasteiger partial charge in [-0.2, -0.15) is 13.2 Å². The van der Waals surface area contributed by atoms with Crippen molar-refractivity contribution in [3.8, 4) is 0 Å². The molecule has 0 unspecified atom stereocenters. The Morgan fingerprint density at radius 2 is 1.91 bits per heavy atom. The lowest BCUT2D eigenvalue weighted by Gasteiger charge is -2.31. The van der Waals surface area contributed by atoms with E-state index < -0.39 is 18.6 Å². The maximum atomic E-state index is 11.7. The number of hydrogen-bond acceptors (Lipinski definition) is 1. The van der Waals surface area contributed by atoms with Crippen molar-refractivity contribution in [3.63, 3.8) is 0 Å². The highest BCUT2D eigenvalue weighted by atomic mass is 19.4. The van der Waals surface area contributed by atoms with Gasteiger partial charge in [-0.1, -0.05) is 6.42 Å². The Hall–Kier alpha value is -0.250. The molecular weight excluding hydrogens is 155 g/mol. The van der Waals surface area contributed by atoms with E-state index in [1.807, 2.05) is 0 Å². The molecule has 4 heteroatoms. The monoisotopic (exact) mass is 167 g/mol. The van der Waals surface area contributed by atoms with E-state index in [0.717, 1.165) is 19.3 Å². The lowest BCUT2D eigenvalue weighted by atomic mass is 9.79. The van der Waals surface area contributed by atoms with Gasteiger partial charge in [-0.25, -0.2) is 0 Å². The largest absolute Gasteiger partial charge is 0.390 e. The maximum absolute atomic E-state index is 11.7. The molecule has 0 aromatic heterocycles. The van der Waals surface area contributed by atoms with E-state index >= 15 is 0 Å². The molecule has 1 fully saturated rings. The Kier molecular flexibility index (Phi) is 2.42. The maximum Gasteiger partial charge on any atom is 0.390 e. The van der Waals surface area contributed by atoms with Crippen LogP contribution in [0.5, 0.6) is 0 Å². The van der Waals surface area contributed by atoms with Crippen LogP contribution in [-0.2, 0) is 0 Å². The zero-order chi connectivity index (χ0) is 8.48. The van der Waals surface area contributed by atoms with Crippen molar-refractivity contribution in [3.05, 3.63) is 0 Å². The summed E-state index contributed by atoms with van der Waals surface area (Å²) < 4.78 is 35.2. The van der Waals surface area contributed by atoms with Crippen LogP contribution in [0.3, 0.4) is 0 Å². The van der Waals surface area contributed by atoms with Gasteiger partial charge in [0.2, 0.25) is 0 Å². The van der Waals surface area contributed by atoms with Crippen LogP contribution in [0.15, 0.2) is 0 Å². The summed E-state index contributed by atoms with van der Waals surface area (Å²) in [5.41, 5.74) is 5.35. The fraction of sp³-hybridized carbons (Fsp3) is 1.00. The minimum atomic E-state index is -4.09. The molecule has 0 saturated heterocycles. The number of alkyl halides is 3. The van der Waals surface area contributed by atoms with Crippen LogP contribution in [-0.4, -0.2) is 12.2 Å². The topological polar surface area (TPSA) is 26.0 Å². The Bertz CT molecular complexity index is 128. The highest BCUT2D eigenvalue weighted by Gasteiger charge is 2.35. The summed E-state index contributed by atoms with van der Waals surface area (Å²) in [6.07, 6.45) is -2.13. The molecule has 0 spiro atoms. The van der Waals surface area contributed by atoms with Gasteiger partial charge in [-0.05, 0) is 18.8 Å². The molecule has 1 aliphatic rings. The molecule has 0 amide bonds. The molecule has 11 heavy (non-hydrogen) atoms.